The maximum absolute atomic E-state index is 12.4. The molecule has 4 nitrogen and oxygen atoms in total. The third-order valence-electron chi connectivity index (χ3n) is 3.64. The molecule has 0 saturated carbocycles. The van der Waals surface area contributed by atoms with E-state index < -0.39 is 0 Å². The number of carbonyl (C=O) groups is 1. The van der Waals surface area contributed by atoms with Crippen molar-refractivity contribution in [3.8, 4) is 5.69 Å². The van der Waals surface area contributed by atoms with Crippen LogP contribution < -0.4 is 15.4 Å². The number of hydrogen-bond donors (Lipinski definition) is 1. The molecule has 0 spiro atoms. The van der Waals surface area contributed by atoms with Crippen LogP contribution in [0.3, 0.4) is 0 Å². The smallest absolute Gasteiger partial charge is 0.267 e. The van der Waals surface area contributed by atoms with Gasteiger partial charge in [-0.25, -0.2) is 4.99 Å². The molecule has 4 rings (SSSR count). The summed E-state index contributed by atoms with van der Waals surface area (Å²) in [5.41, 5.74) is 1.17. The van der Waals surface area contributed by atoms with Gasteiger partial charge in [0.1, 0.15) is 0 Å². The zero-order valence-corrected chi connectivity index (χ0v) is 13.5. The number of aromatic nitrogens is 1. The van der Waals surface area contributed by atoms with Gasteiger partial charge in [0.25, 0.3) is 5.91 Å². The molecule has 2 aromatic carbocycles. The van der Waals surface area contributed by atoms with Crippen LogP contribution in [0.2, 0.25) is 0 Å². The second kappa shape index (κ2) is 5.33. The molecule has 0 saturated heterocycles. The number of hydrogen-bond acceptors (Lipinski definition) is 4. The van der Waals surface area contributed by atoms with Gasteiger partial charge in [0.05, 0.1) is 26.5 Å². The van der Waals surface area contributed by atoms with Gasteiger partial charge >= 0.3 is 4.87 Å². The fourth-order valence-corrected chi connectivity index (χ4v) is 4.08. The molecule has 0 fully saturated rings. The van der Waals surface area contributed by atoms with E-state index in [-0.39, 0.29) is 10.8 Å². The number of carbonyl (C=O) groups excluding carboxylic acids is 1. The Hall–Kier alpha value is -2.44. The number of thiazole rings is 1. The third kappa shape index (κ3) is 2.18. The van der Waals surface area contributed by atoms with Gasteiger partial charge in [0, 0.05) is 5.22 Å². The second-order valence-corrected chi connectivity index (χ2v) is 6.39. The molecule has 0 radical (unpaired) electrons. The Morgan fingerprint density at radius 1 is 0.957 bits per heavy atom. The quantitative estimate of drug-likeness (QED) is 0.721. The molecule has 0 aliphatic carbocycles. The molecule has 1 aliphatic heterocycles. The molecule has 1 aromatic heterocycles. The zero-order valence-electron chi connectivity index (χ0n) is 11.8. The van der Waals surface area contributed by atoms with Crippen molar-refractivity contribution in [3.63, 3.8) is 0 Å². The minimum absolute atomic E-state index is 0.180. The van der Waals surface area contributed by atoms with Gasteiger partial charge in [0.15, 0.2) is 0 Å². The number of nitrogens with zero attached hydrogens (tertiary/aromatic N) is 2. The van der Waals surface area contributed by atoms with Gasteiger partial charge in [-0.05, 0) is 18.2 Å². The third-order valence-corrected chi connectivity index (χ3v) is 5.17. The first-order valence-corrected chi connectivity index (χ1v) is 8.16. The van der Waals surface area contributed by atoms with Crippen LogP contribution in [0.15, 0.2) is 69.4 Å². The van der Waals surface area contributed by atoms with E-state index in [1.807, 2.05) is 48.5 Å². The molecule has 1 aliphatic rings. The molecule has 1 amide bonds. The molecule has 0 unspecified atom stereocenters. The highest BCUT2D eigenvalue weighted by atomic mass is 32.1. The van der Waals surface area contributed by atoms with Gasteiger partial charge in [-0.3, -0.25) is 14.2 Å². The molecule has 0 atom stereocenters. The Morgan fingerprint density at radius 2 is 1.65 bits per heavy atom. The van der Waals surface area contributed by atoms with E-state index in [1.54, 1.807) is 6.07 Å². The monoisotopic (exact) mass is 338 g/mol. The van der Waals surface area contributed by atoms with Crippen LogP contribution in [0.25, 0.3) is 11.3 Å². The van der Waals surface area contributed by atoms with Crippen molar-refractivity contribution in [1.82, 2.24) is 4.57 Å². The molecular weight excluding hydrogens is 328 g/mol. The Kier molecular flexibility index (Phi) is 3.28. The summed E-state index contributed by atoms with van der Waals surface area (Å²) in [6.45, 7) is 0. The van der Waals surface area contributed by atoms with Crippen LogP contribution in [-0.4, -0.2) is 10.5 Å². The SMILES string of the molecule is O=C1N=c2ccccc2=C1c1sc(=O)n(-c2ccccc2)c1S. The van der Waals surface area contributed by atoms with Gasteiger partial charge < -0.3 is 0 Å². The number of fused-ring (bicyclic) bond motifs is 1. The average molecular weight is 338 g/mol. The molecule has 112 valence electrons. The number of amides is 1. The van der Waals surface area contributed by atoms with Crippen molar-refractivity contribution >= 4 is 35.4 Å². The van der Waals surface area contributed by atoms with Crippen LogP contribution in [0.1, 0.15) is 4.88 Å². The van der Waals surface area contributed by atoms with Crippen molar-refractivity contribution in [3.05, 3.63) is 79.7 Å². The largest absolute Gasteiger partial charge is 0.313 e. The van der Waals surface area contributed by atoms with E-state index in [9.17, 15) is 9.59 Å². The van der Waals surface area contributed by atoms with E-state index in [2.05, 4.69) is 17.6 Å². The molecule has 6 heteroatoms. The second-order valence-electron chi connectivity index (χ2n) is 5.00. The van der Waals surface area contributed by atoms with E-state index in [0.29, 0.717) is 20.8 Å². The van der Waals surface area contributed by atoms with Crippen LogP contribution in [-0.2, 0) is 4.79 Å². The molecule has 0 bridgehead atoms. The van der Waals surface area contributed by atoms with Crippen molar-refractivity contribution < 1.29 is 4.79 Å². The zero-order chi connectivity index (χ0) is 16.0. The topological polar surface area (TPSA) is 51.4 Å². The predicted octanol–water partition coefficient (Wildman–Crippen LogP) is 1.55. The van der Waals surface area contributed by atoms with Crippen LogP contribution in [0, 0.1) is 0 Å². The Labute approximate surface area is 140 Å². The molecule has 23 heavy (non-hydrogen) atoms. The normalized spacial score (nSPS) is 13.1. The Morgan fingerprint density at radius 3 is 2.43 bits per heavy atom. The molecular formula is C17H10N2O2S2. The van der Waals surface area contributed by atoms with Crippen LogP contribution in [0.4, 0.5) is 0 Å². The Bertz CT molecular complexity index is 1110. The number of thiol groups is 1. The van der Waals surface area contributed by atoms with Crippen molar-refractivity contribution in [2.45, 2.75) is 5.03 Å². The standard InChI is InChI=1S/C17H10N2O2S2/c20-15-13(11-8-4-5-9-12(11)18-15)14-16(22)19(17(21)23-14)10-6-2-1-3-7-10/h1-9,22H. The minimum Gasteiger partial charge on any atom is -0.267 e. The van der Waals surface area contributed by atoms with Gasteiger partial charge in [-0.2, -0.15) is 0 Å². The van der Waals surface area contributed by atoms with E-state index in [1.165, 1.54) is 4.57 Å². The summed E-state index contributed by atoms with van der Waals surface area (Å²) in [6, 6.07) is 16.5. The summed E-state index contributed by atoms with van der Waals surface area (Å²) in [4.78, 5) is 29.1. The Balaban J connectivity index is 2.03. The highest BCUT2D eigenvalue weighted by molar-refractivity contribution is 7.80. The number of benzene rings is 2. The highest BCUT2D eigenvalue weighted by Gasteiger charge is 2.24. The maximum atomic E-state index is 12.4. The summed E-state index contributed by atoms with van der Waals surface area (Å²) in [5, 5.41) is 1.84. The molecule has 0 N–H and O–H groups in total. The minimum atomic E-state index is -0.331. The molecule has 2 heterocycles. The highest BCUT2D eigenvalue weighted by Crippen LogP contribution is 2.27. The van der Waals surface area contributed by atoms with Gasteiger partial charge in [0.2, 0.25) is 0 Å². The number of rotatable bonds is 2. The summed E-state index contributed by atoms with van der Waals surface area (Å²) in [6.07, 6.45) is 0. The fraction of sp³-hybridized carbons (Fsp3) is 0. The van der Waals surface area contributed by atoms with Crippen molar-refractivity contribution in [2.75, 3.05) is 0 Å². The van der Waals surface area contributed by atoms with Crippen molar-refractivity contribution in [2.24, 2.45) is 4.99 Å². The fourth-order valence-electron chi connectivity index (χ4n) is 2.62. The van der Waals surface area contributed by atoms with Crippen LogP contribution in [0.5, 0.6) is 0 Å². The summed E-state index contributed by atoms with van der Waals surface area (Å²) >= 11 is 5.52. The molecule has 3 aromatic rings. The van der Waals surface area contributed by atoms with E-state index in [0.717, 1.165) is 22.2 Å². The summed E-state index contributed by atoms with van der Waals surface area (Å²) in [7, 11) is 0. The lowest BCUT2D eigenvalue weighted by atomic mass is 10.1. The maximum Gasteiger partial charge on any atom is 0.313 e. The summed E-state index contributed by atoms with van der Waals surface area (Å²) in [5.74, 6) is -0.331. The average Bonchev–Trinajstić information content (AvgIpc) is 3.03. The number of para-hydroxylation sites is 2. The van der Waals surface area contributed by atoms with E-state index >= 15 is 0 Å². The summed E-state index contributed by atoms with van der Waals surface area (Å²) < 4.78 is 1.50. The van der Waals surface area contributed by atoms with Gasteiger partial charge in [-0.1, -0.05) is 47.7 Å². The lowest BCUT2D eigenvalue weighted by molar-refractivity contribution is -0.112. The lowest BCUT2D eigenvalue weighted by Crippen LogP contribution is -2.22. The van der Waals surface area contributed by atoms with E-state index in [4.69, 9.17) is 0 Å². The first-order valence-electron chi connectivity index (χ1n) is 6.90. The lowest BCUT2D eigenvalue weighted by Gasteiger charge is -2.04. The first-order chi connectivity index (χ1) is 11.2. The van der Waals surface area contributed by atoms with Crippen LogP contribution >= 0.6 is 24.0 Å². The first kappa shape index (κ1) is 14.2. The van der Waals surface area contributed by atoms with Gasteiger partial charge in [-0.15, -0.1) is 12.6 Å². The predicted molar refractivity (Wildman–Crippen MR) is 91.9 cm³/mol. The van der Waals surface area contributed by atoms with Crippen molar-refractivity contribution in [1.29, 1.82) is 0 Å².